The number of hydrogen-bond acceptors (Lipinski definition) is 2. The molecule has 0 radical (unpaired) electrons. The van der Waals surface area contributed by atoms with Crippen LogP contribution in [0.5, 0.6) is 0 Å². The van der Waals surface area contributed by atoms with E-state index < -0.39 is 22.8 Å². The van der Waals surface area contributed by atoms with Crippen LogP contribution in [0.1, 0.15) is 29.8 Å². The van der Waals surface area contributed by atoms with E-state index in [0.29, 0.717) is 6.29 Å². The molecule has 80 valence electrons. The maximum absolute atomic E-state index is 13.3. The molecule has 0 bridgehead atoms. The van der Waals surface area contributed by atoms with Crippen molar-refractivity contribution in [3.05, 3.63) is 35.1 Å². The second kappa shape index (κ2) is 3.81. The molecule has 1 aromatic carbocycles. The van der Waals surface area contributed by atoms with Crippen molar-refractivity contribution in [3.8, 4) is 0 Å². The highest BCUT2D eigenvalue weighted by Gasteiger charge is 2.27. The summed E-state index contributed by atoms with van der Waals surface area (Å²) in [5.74, 6) is -2.19. The van der Waals surface area contributed by atoms with E-state index in [1.807, 2.05) is 0 Å². The van der Waals surface area contributed by atoms with Crippen LogP contribution in [-0.2, 0) is 10.2 Å². The maximum Gasteiger partial charge on any atom is 0.339 e. The van der Waals surface area contributed by atoms with Crippen LogP contribution < -0.4 is 0 Å². The fraction of sp³-hybridized carbons (Fsp3) is 0.273. The second-order valence-electron chi connectivity index (χ2n) is 3.81. The first-order valence-corrected chi connectivity index (χ1v) is 4.39. The quantitative estimate of drug-likeness (QED) is 0.776. The number of halogens is 1. The SMILES string of the molecule is CC(C)(C=O)c1cccc(F)c1C(=O)O. The second-order valence-corrected chi connectivity index (χ2v) is 3.81. The molecule has 0 saturated carbocycles. The van der Waals surface area contributed by atoms with Crippen LogP contribution in [0.2, 0.25) is 0 Å². The predicted octanol–water partition coefficient (Wildman–Crippen LogP) is 2.00. The lowest BCUT2D eigenvalue weighted by atomic mass is 9.83. The molecule has 0 amide bonds. The fourth-order valence-corrected chi connectivity index (χ4v) is 1.34. The lowest BCUT2D eigenvalue weighted by Crippen LogP contribution is -2.23. The Balaban J connectivity index is 3.48. The summed E-state index contributed by atoms with van der Waals surface area (Å²) in [6.45, 7) is 3.09. The van der Waals surface area contributed by atoms with Gasteiger partial charge in [-0.3, -0.25) is 0 Å². The van der Waals surface area contributed by atoms with Crippen molar-refractivity contribution < 1.29 is 19.1 Å². The molecule has 0 aromatic heterocycles. The Bertz CT molecular complexity index is 410. The lowest BCUT2D eigenvalue weighted by molar-refractivity contribution is -0.111. The van der Waals surface area contributed by atoms with E-state index in [1.165, 1.54) is 12.1 Å². The third kappa shape index (κ3) is 2.03. The average molecular weight is 210 g/mol. The smallest absolute Gasteiger partial charge is 0.339 e. The first-order valence-electron chi connectivity index (χ1n) is 4.39. The number of carboxylic acid groups (broad SMARTS) is 1. The molecule has 0 spiro atoms. The van der Waals surface area contributed by atoms with Gasteiger partial charge in [-0.2, -0.15) is 0 Å². The van der Waals surface area contributed by atoms with Crippen molar-refractivity contribution in [3.63, 3.8) is 0 Å². The Hall–Kier alpha value is -1.71. The summed E-state index contributed by atoms with van der Waals surface area (Å²) < 4.78 is 13.3. The summed E-state index contributed by atoms with van der Waals surface area (Å²) >= 11 is 0. The third-order valence-corrected chi connectivity index (χ3v) is 2.22. The van der Waals surface area contributed by atoms with Crippen molar-refractivity contribution in [1.82, 2.24) is 0 Å². The Labute approximate surface area is 86.5 Å². The van der Waals surface area contributed by atoms with E-state index in [9.17, 15) is 14.0 Å². The van der Waals surface area contributed by atoms with Gasteiger partial charge in [0.25, 0.3) is 0 Å². The zero-order valence-corrected chi connectivity index (χ0v) is 8.45. The molecule has 0 heterocycles. The number of aromatic carboxylic acids is 1. The number of carbonyl (C=O) groups excluding carboxylic acids is 1. The van der Waals surface area contributed by atoms with Crippen LogP contribution in [0.4, 0.5) is 4.39 Å². The zero-order chi connectivity index (χ0) is 11.6. The van der Waals surface area contributed by atoms with Crippen molar-refractivity contribution in [2.75, 3.05) is 0 Å². The van der Waals surface area contributed by atoms with Crippen LogP contribution in [0.3, 0.4) is 0 Å². The number of carboxylic acids is 1. The maximum atomic E-state index is 13.3. The summed E-state index contributed by atoms with van der Waals surface area (Å²) in [5.41, 5.74) is -1.25. The van der Waals surface area contributed by atoms with Gasteiger partial charge in [0.05, 0.1) is 5.56 Å². The summed E-state index contributed by atoms with van der Waals surface area (Å²) in [7, 11) is 0. The number of carbonyl (C=O) groups is 2. The van der Waals surface area contributed by atoms with Crippen molar-refractivity contribution in [1.29, 1.82) is 0 Å². The van der Waals surface area contributed by atoms with E-state index in [-0.39, 0.29) is 5.56 Å². The van der Waals surface area contributed by atoms with Crippen LogP contribution in [0.25, 0.3) is 0 Å². The molecular formula is C11H11FO3. The minimum atomic E-state index is -1.36. The molecule has 0 saturated heterocycles. The van der Waals surface area contributed by atoms with Crippen molar-refractivity contribution >= 4 is 12.3 Å². The van der Waals surface area contributed by atoms with E-state index in [2.05, 4.69) is 0 Å². The lowest BCUT2D eigenvalue weighted by Gasteiger charge is -2.19. The Kier molecular flexibility index (Phi) is 2.88. The minimum Gasteiger partial charge on any atom is -0.478 e. The molecule has 0 aliphatic carbocycles. The highest BCUT2D eigenvalue weighted by atomic mass is 19.1. The first-order chi connectivity index (χ1) is 6.90. The normalized spacial score (nSPS) is 11.1. The largest absolute Gasteiger partial charge is 0.478 e. The molecule has 0 aliphatic heterocycles. The van der Waals surface area contributed by atoms with Gasteiger partial charge in [0, 0.05) is 5.41 Å². The number of hydrogen-bond donors (Lipinski definition) is 1. The van der Waals surface area contributed by atoms with Crippen molar-refractivity contribution in [2.45, 2.75) is 19.3 Å². The molecule has 15 heavy (non-hydrogen) atoms. The molecule has 0 aliphatic rings. The summed E-state index contributed by atoms with van der Waals surface area (Å²) in [5, 5.41) is 8.85. The first kappa shape index (κ1) is 11.4. The van der Waals surface area contributed by atoms with Crippen LogP contribution in [-0.4, -0.2) is 17.4 Å². The van der Waals surface area contributed by atoms with Gasteiger partial charge in [0.15, 0.2) is 0 Å². The third-order valence-electron chi connectivity index (χ3n) is 2.22. The number of benzene rings is 1. The molecule has 0 fully saturated rings. The topological polar surface area (TPSA) is 54.4 Å². The van der Waals surface area contributed by atoms with Gasteiger partial charge in [-0.25, -0.2) is 9.18 Å². The summed E-state index contributed by atoms with van der Waals surface area (Å²) in [6.07, 6.45) is 0.605. The van der Waals surface area contributed by atoms with Gasteiger partial charge in [-0.15, -0.1) is 0 Å². The van der Waals surface area contributed by atoms with E-state index in [1.54, 1.807) is 13.8 Å². The summed E-state index contributed by atoms with van der Waals surface area (Å²) in [4.78, 5) is 21.6. The van der Waals surface area contributed by atoms with Gasteiger partial charge in [0.1, 0.15) is 12.1 Å². The molecule has 1 aromatic rings. The molecule has 0 unspecified atom stereocenters. The minimum absolute atomic E-state index is 0.185. The van der Waals surface area contributed by atoms with Crippen LogP contribution in [0.15, 0.2) is 18.2 Å². The standard InChI is InChI=1S/C11H11FO3/c1-11(2,6-13)7-4-3-5-8(12)9(7)10(14)15/h3-6H,1-2H3,(H,14,15). The van der Waals surface area contributed by atoms with E-state index in [4.69, 9.17) is 5.11 Å². The highest BCUT2D eigenvalue weighted by molar-refractivity contribution is 5.91. The molecular weight excluding hydrogens is 199 g/mol. The van der Waals surface area contributed by atoms with Gasteiger partial charge < -0.3 is 9.90 Å². The molecule has 1 rings (SSSR count). The monoisotopic (exact) mass is 210 g/mol. The Morgan fingerprint density at radius 1 is 1.47 bits per heavy atom. The Morgan fingerprint density at radius 3 is 2.53 bits per heavy atom. The van der Waals surface area contributed by atoms with Gasteiger partial charge >= 0.3 is 5.97 Å². The molecule has 1 N–H and O–H groups in total. The van der Waals surface area contributed by atoms with Gasteiger partial charge in [0.2, 0.25) is 0 Å². The van der Waals surface area contributed by atoms with Gasteiger partial charge in [-0.1, -0.05) is 12.1 Å². The van der Waals surface area contributed by atoms with Crippen molar-refractivity contribution in [2.24, 2.45) is 0 Å². The van der Waals surface area contributed by atoms with E-state index in [0.717, 1.165) is 6.07 Å². The molecule has 0 atom stereocenters. The van der Waals surface area contributed by atoms with Gasteiger partial charge in [-0.05, 0) is 25.5 Å². The molecule has 4 heteroatoms. The average Bonchev–Trinajstić information content (AvgIpc) is 2.16. The number of aldehydes is 1. The van der Waals surface area contributed by atoms with E-state index >= 15 is 0 Å². The van der Waals surface area contributed by atoms with Crippen LogP contribution >= 0.6 is 0 Å². The number of rotatable bonds is 3. The predicted molar refractivity (Wildman–Crippen MR) is 52.4 cm³/mol. The fourth-order valence-electron chi connectivity index (χ4n) is 1.34. The van der Waals surface area contributed by atoms with Crippen LogP contribution in [0, 0.1) is 5.82 Å². The zero-order valence-electron chi connectivity index (χ0n) is 8.45. The Morgan fingerprint density at radius 2 is 2.07 bits per heavy atom. The molecule has 3 nitrogen and oxygen atoms in total. The highest BCUT2D eigenvalue weighted by Crippen LogP contribution is 2.26. The summed E-state index contributed by atoms with van der Waals surface area (Å²) in [6, 6.07) is 3.90.